The molecule has 0 aliphatic heterocycles. The van der Waals surface area contributed by atoms with E-state index in [1.54, 1.807) is 5.56 Å². The number of aryl methyl sites for hydroxylation is 2. The predicted molar refractivity (Wildman–Crippen MR) is 70.0 cm³/mol. The van der Waals surface area contributed by atoms with E-state index in [-0.39, 0.29) is 0 Å². The first-order valence-electron chi connectivity index (χ1n) is 6.51. The van der Waals surface area contributed by atoms with Gasteiger partial charge in [-0.15, -0.1) is 0 Å². The van der Waals surface area contributed by atoms with Crippen LogP contribution in [0.1, 0.15) is 48.8 Å². The second-order valence-electron chi connectivity index (χ2n) is 5.12. The van der Waals surface area contributed by atoms with Gasteiger partial charge in [-0.3, -0.25) is 0 Å². The van der Waals surface area contributed by atoms with Crippen LogP contribution in [0.2, 0.25) is 0 Å². The number of benzene rings is 1. The van der Waals surface area contributed by atoms with E-state index in [1.165, 1.54) is 30.4 Å². The summed E-state index contributed by atoms with van der Waals surface area (Å²) >= 11 is 0. The van der Waals surface area contributed by atoms with E-state index >= 15 is 0 Å². The van der Waals surface area contributed by atoms with E-state index in [0.29, 0.717) is 0 Å². The lowest BCUT2D eigenvalue weighted by Crippen LogP contribution is -2.25. The van der Waals surface area contributed by atoms with Gasteiger partial charge < -0.3 is 5.32 Å². The third-order valence-electron chi connectivity index (χ3n) is 3.80. The molecule has 2 rings (SSSR count). The van der Waals surface area contributed by atoms with Crippen LogP contribution in [0, 0.1) is 13.8 Å². The number of hydrogen-bond donors (Lipinski definition) is 1. The lowest BCUT2D eigenvalue weighted by molar-refractivity contribution is 0.534. The quantitative estimate of drug-likeness (QED) is 0.816. The Morgan fingerprint density at radius 2 is 2.06 bits per heavy atom. The molecule has 1 nitrogen and oxygen atoms in total. The lowest BCUT2D eigenvalue weighted by atomic mass is 9.92. The highest BCUT2D eigenvalue weighted by Gasteiger charge is 2.25. The summed E-state index contributed by atoms with van der Waals surface area (Å²) in [6, 6.07) is 7.62. The maximum atomic E-state index is 3.58. The normalized spacial score (nSPS) is 24.9. The molecule has 0 heterocycles. The Morgan fingerprint density at radius 3 is 2.81 bits per heavy atom. The molecule has 1 aromatic carbocycles. The fourth-order valence-electron chi connectivity index (χ4n) is 2.94. The van der Waals surface area contributed by atoms with Gasteiger partial charge in [0.15, 0.2) is 0 Å². The molecule has 1 aliphatic rings. The van der Waals surface area contributed by atoms with E-state index in [2.05, 4.69) is 44.3 Å². The Balaban J connectivity index is 2.11. The van der Waals surface area contributed by atoms with Crippen LogP contribution in [0.3, 0.4) is 0 Å². The topological polar surface area (TPSA) is 12.0 Å². The third-order valence-corrected chi connectivity index (χ3v) is 3.80. The van der Waals surface area contributed by atoms with Crippen molar-refractivity contribution < 1.29 is 0 Å². The van der Waals surface area contributed by atoms with Crippen molar-refractivity contribution in [1.82, 2.24) is 5.32 Å². The summed E-state index contributed by atoms with van der Waals surface area (Å²) in [4.78, 5) is 0. The lowest BCUT2D eigenvalue weighted by Gasteiger charge is -2.15. The van der Waals surface area contributed by atoms with Crippen molar-refractivity contribution in [3.8, 4) is 0 Å². The highest BCUT2D eigenvalue weighted by Crippen LogP contribution is 2.36. The van der Waals surface area contributed by atoms with Crippen LogP contribution in [0.4, 0.5) is 0 Å². The fourth-order valence-corrected chi connectivity index (χ4v) is 2.94. The van der Waals surface area contributed by atoms with E-state index in [1.807, 2.05) is 0 Å². The molecule has 1 aromatic rings. The first kappa shape index (κ1) is 11.7. The predicted octanol–water partition coefficient (Wildman–Crippen LogP) is 3.55. The summed E-state index contributed by atoms with van der Waals surface area (Å²) in [6.07, 6.45) is 4.01. The summed E-state index contributed by atoms with van der Waals surface area (Å²) in [5.41, 5.74) is 4.45. The molecule has 16 heavy (non-hydrogen) atoms. The molecule has 0 aromatic heterocycles. The minimum atomic E-state index is 0.745. The molecule has 1 heteroatoms. The zero-order valence-corrected chi connectivity index (χ0v) is 10.7. The van der Waals surface area contributed by atoms with E-state index < -0.39 is 0 Å². The minimum Gasteiger partial charge on any atom is -0.314 e. The zero-order chi connectivity index (χ0) is 11.5. The minimum absolute atomic E-state index is 0.745. The highest BCUT2D eigenvalue weighted by molar-refractivity contribution is 5.34. The summed E-state index contributed by atoms with van der Waals surface area (Å²) in [6.45, 7) is 7.74. The van der Waals surface area contributed by atoms with Crippen LogP contribution in [-0.2, 0) is 0 Å². The van der Waals surface area contributed by atoms with Gasteiger partial charge in [-0.2, -0.15) is 0 Å². The van der Waals surface area contributed by atoms with Gasteiger partial charge in [0.1, 0.15) is 0 Å². The van der Waals surface area contributed by atoms with Crippen LogP contribution in [0.5, 0.6) is 0 Å². The van der Waals surface area contributed by atoms with Crippen LogP contribution in [0.25, 0.3) is 0 Å². The van der Waals surface area contributed by atoms with Crippen molar-refractivity contribution in [3.05, 3.63) is 34.9 Å². The smallest absolute Gasteiger partial charge is 0.00729 e. The Morgan fingerprint density at radius 1 is 1.25 bits per heavy atom. The van der Waals surface area contributed by atoms with Crippen molar-refractivity contribution >= 4 is 0 Å². The van der Waals surface area contributed by atoms with Crippen molar-refractivity contribution in [2.45, 2.75) is 52.0 Å². The van der Waals surface area contributed by atoms with E-state index in [0.717, 1.165) is 18.5 Å². The van der Waals surface area contributed by atoms with Crippen LogP contribution in [0.15, 0.2) is 18.2 Å². The van der Waals surface area contributed by atoms with Crippen LogP contribution in [-0.4, -0.2) is 12.6 Å². The van der Waals surface area contributed by atoms with E-state index in [9.17, 15) is 0 Å². The first-order chi connectivity index (χ1) is 7.70. The Labute approximate surface area is 99.3 Å². The molecule has 0 bridgehead atoms. The second-order valence-corrected chi connectivity index (χ2v) is 5.12. The summed E-state index contributed by atoms with van der Waals surface area (Å²) in [5, 5.41) is 3.58. The van der Waals surface area contributed by atoms with Gasteiger partial charge >= 0.3 is 0 Å². The largest absolute Gasteiger partial charge is 0.314 e. The molecule has 0 saturated heterocycles. The Bertz CT molecular complexity index is 356. The average molecular weight is 217 g/mol. The number of hydrogen-bond acceptors (Lipinski definition) is 1. The van der Waals surface area contributed by atoms with Crippen molar-refractivity contribution in [2.24, 2.45) is 0 Å². The van der Waals surface area contributed by atoms with E-state index in [4.69, 9.17) is 0 Å². The first-order valence-corrected chi connectivity index (χ1v) is 6.51. The maximum absolute atomic E-state index is 3.58. The highest BCUT2D eigenvalue weighted by atomic mass is 14.9. The summed E-state index contributed by atoms with van der Waals surface area (Å²) in [5.74, 6) is 0.781. The molecule has 2 unspecified atom stereocenters. The molecular formula is C15H23N. The molecule has 0 amide bonds. The van der Waals surface area contributed by atoms with Gasteiger partial charge in [0.25, 0.3) is 0 Å². The second kappa shape index (κ2) is 5.01. The fraction of sp³-hybridized carbons (Fsp3) is 0.600. The molecule has 2 atom stereocenters. The van der Waals surface area contributed by atoms with Gasteiger partial charge in [-0.1, -0.05) is 30.7 Å². The molecule has 1 N–H and O–H groups in total. The monoisotopic (exact) mass is 217 g/mol. The van der Waals surface area contributed by atoms with Gasteiger partial charge in [-0.25, -0.2) is 0 Å². The summed E-state index contributed by atoms with van der Waals surface area (Å²) < 4.78 is 0. The van der Waals surface area contributed by atoms with Gasteiger partial charge in [0, 0.05) is 6.04 Å². The maximum Gasteiger partial charge on any atom is 0.00729 e. The van der Waals surface area contributed by atoms with Crippen LogP contribution < -0.4 is 5.32 Å². The molecular weight excluding hydrogens is 194 g/mol. The van der Waals surface area contributed by atoms with Gasteiger partial charge in [0.2, 0.25) is 0 Å². The van der Waals surface area contributed by atoms with Gasteiger partial charge in [-0.05, 0) is 56.7 Å². The summed E-state index contributed by atoms with van der Waals surface area (Å²) in [7, 11) is 0. The molecule has 0 spiro atoms. The Hall–Kier alpha value is -0.820. The van der Waals surface area contributed by atoms with Crippen molar-refractivity contribution in [1.29, 1.82) is 0 Å². The number of rotatable bonds is 3. The molecule has 1 aliphatic carbocycles. The average Bonchev–Trinajstić information content (AvgIpc) is 2.71. The third kappa shape index (κ3) is 2.46. The molecule has 0 radical (unpaired) electrons. The van der Waals surface area contributed by atoms with Crippen LogP contribution >= 0.6 is 0 Å². The van der Waals surface area contributed by atoms with Gasteiger partial charge in [0.05, 0.1) is 0 Å². The SMILES string of the molecule is CCNC1CCC(c2cc(C)ccc2C)C1. The molecule has 88 valence electrons. The van der Waals surface area contributed by atoms with Crippen molar-refractivity contribution in [2.75, 3.05) is 6.54 Å². The molecule has 1 fully saturated rings. The van der Waals surface area contributed by atoms with Crippen molar-refractivity contribution in [3.63, 3.8) is 0 Å². The molecule has 1 saturated carbocycles. The Kier molecular flexibility index (Phi) is 3.65. The number of nitrogens with one attached hydrogen (secondary N) is 1. The zero-order valence-electron chi connectivity index (χ0n) is 10.7. The standard InChI is InChI=1S/C15H23N/c1-4-16-14-8-7-13(10-14)15-9-11(2)5-6-12(15)3/h5-6,9,13-14,16H,4,7-8,10H2,1-3H3.